The van der Waals surface area contributed by atoms with Crippen molar-refractivity contribution < 1.29 is 9.53 Å². The standard InChI is InChI=1S/C19H35N3O2/c1-8-11-21-17(16(4)15(2)3)14-20-12-9-10-13-22-18(23)24-19(5,6)7/h8,11,15,20H,4,9-10,12-14H2,1-3,5-7H3,(H,22,23)/b11-8-,21-17-. The van der Waals surface area contributed by atoms with Gasteiger partial charge in [0.25, 0.3) is 0 Å². The SMILES string of the molecule is C=C(/C(CNCCCCNC(=O)OC(C)(C)C)=N\C=C/C)C(C)C. The Kier molecular flexibility index (Phi) is 11.0. The molecule has 0 aromatic rings. The van der Waals surface area contributed by atoms with E-state index in [-0.39, 0.29) is 6.09 Å². The number of nitrogens with zero attached hydrogens (tertiary/aromatic N) is 1. The lowest BCUT2D eigenvalue weighted by molar-refractivity contribution is 0.0527. The summed E-state index contributed by atoms with van der Waals surface area (Å²) >= 11 is 0. The fourth-order valence-electron chi connectivity index (χ4n) is 1.83. The second kappa shape index (κ2) is 11.8. The summed E-state index contributed by atoms with van der Waals surface area (Å²) in [5.74, 6) is 0.383. The molecule has 0 bridgehead atoms. The fraction of sp³-hybridized carbons (Fsp3) is 0.684. The van der Waals surface area contributed by atoms with Crippen molar-refractivity contribution in [2.45, 2.75) is 60.0 Å². The monoisotopic (exact) mass is 337 g/mol. The Balaban J connectivity index is 3.95. The number of carbonyl (C=O) groups is 1. The van der Waals surface area contributed by atoms with E-state index in [0.717, 1.165) is 30.7 Å². The van der Waals surface area contributed by atoms with Crippen LogP contribution in [0.15, 0.2) is 29.4 Å². The lowest BCUT2D eigenvalue weighted by Crippen LogP contribution is -2.33. The van der Waals surface area contributed by atoms with Crippen LogP contribution in [0.5, 0.6) is 0 Å². The number of rotatable bonds is 10. The minimum absolute atomic E-state index is 0.357. The number of hydrogen-bond acceptors (Lipinski definition) is 4. The molecule has 5 nitrogen and oxygen atoms in total. The van der Waals surface area contributed by atoms with Gasteiger partial charge in [0.05, 0.1) is 5.71 Å². The molecule has 0 aromatic carbocycles. The summed E-state index contributed by atoms with van der Waals surface area (Å²) in [6.45, 7) is 18.1. The largest absolute Gasteiger partial charge is 0.444 e. The van der Waals surface area contributed by atoms with E-state index in [1.807, 2.05) is 33.8 Å². The van der Waals surface area contributed by atoms with Gasteiger partial charge in [-0.05, 0) is 58.6 Å². The minimum Gasteiger partial charge on any atom is -0.444 e. The average molecular weight is 338 g/mol. The van der Waals surface area contributed by atoms with Crippen LogP contribution in [0, 0.1) is 5.92 Å². The number of unbranched alkanes of at least 4 members (excludes halogenated alkanes) is 1. The normalized spacial score (nSPS) is 12.7. The quantitative estimate of drug-likeness (QED) is 0.466. The number of allylic oxidation sites excluding steroid dienone is 1. The van der Waals surface area contributed by atoms with Crippen LogP contribution in [0.4, 0.5) is 4.79 Å². The number of aliphatic imine (C=N–C) groups is 1. The molecule has 0 heterocycles. The molecule has 0 rings (SSSR count). The summed E-state index contributed by atoms with van der Waals surface area (Å²) in [4.78, 5) is 16.0. The summed E-state index contributed by atoms with van der Waals surface area (Å²) < 4.78 is 5.19. The van der Waals surface area contributed by atoms with Gasteiger partial charge in [-0.25, -0.2) is 4.79 Å². The van der Waals surface area contributed by atoms with Gasteiger partial charge in [0.2, 0.25) is 0 Å². The summed E-state index contributed by atoms with van der Waals surface area (Å²) in [6.07, 6.45) is 5.23. The van der Waals surface area contributed by atoms with Crippen LogP contribution >= 0.6 is 0 Å². The molecule has 0 aliphatic carbocycles. The lowest BCUT2D eigenvalue weighted by Gasteiger charge is -2.19. The van der Waals surface area contributed by atoms with Gasteiger partial charge in [0.1, 0.15) is 5.60 Å². The van der Waals surface area contributed by atoms with Gasteiger partial charge in [0, 0.05) is 19.3 Å². The topological polar surface area (TPSA) is 62.7 Å². The Morgan fingerprint density at radius 3 is 2.42 bits per heavy atom. The van der Waals surface area contributed by atoms with Crippen LogP contribution in [0.3, 0.4) is 0 Å². The number of alkyl carbamates (subject to hydrolysis) is 1. The first kappa shape index (κ1) is 22.4. The predicted octanol–water partition coefficient (Wildman–Crippen LogP) is 4.07. The molecule has 0 saturated heterocycles. The van der Waals surface area contributed by atoms with Crippen molar-refractivity contribution in [3.05, 3.63) is 24.4 Å². The third-order valence-corrected chi connectivity index (χ3v) is 3.19. The van der Waals surface area contributed by atoms with E-state index < -0.39 is 5.60 Å². The Bertz CT molecular complexity index is 446. The molecular weight excluding hydrogens is 302 g/mol. The fourth-order valence-corrected chi connectivity index (χ4v) is 1.83. The maximum Gasteiger partial charge on any atom is 0.407 e. The van der Waals surface area contributed by atoms with E-state index in [9.17, 15) is 4.79 Å². The van der Waals surface area contributed by atoms with Crippen LogP contribution in [0.1, 0.15) is 54.4 Å². The number of hydrogen-bond donors (Lipinski definition) is 2. The van der Waals surface area contributed by atoms with E-state index in [0.29, 0.717) is 19.0 Å². The molecule has 0 fully saturated rings. The van der Waals surface area contributed by atoms with Gasteiger partial charge in [-0.3, -0.25) is 4.99 Å². The average Bonchev–Trinajstić information content (AvgIpc) is 2.46. The smallest absolute Gasteiger partial charge is 0.407 e. The summed E-state index contributed by atoms with van der Waals surface area (Å²) in [7, 11) is 0. The Morgan fingerprint density at radius 2 is 1.88 bits per heavy atom. The Labute approximate surface area is 147 Å². The third kappa shape index (κ3) is 11.9. The van der Waals surface area contributed by atoms with Crippen molar-refractivity contribution in [3.8, 4) is 0 Å². The van der Waals surface area contributed by atoms with Crippen molar-refractivity contribution in [1.29, 1.82) is 0 Å². The summed E-state index contributed by atoms with van der Waals surface area (Å²) in [5, 5.41) is 6.15. The molecule has 24 heavy (non-hydrogen) atoms. The van der Waals surface area contributed by atoms with E-state index in [1.54, 1.807) is 6.20 Å². The van der Waals surface area contributed by atoms with Crippen molar-refractivity contribution in [2.24, 2.45) is 10.9 Å². The molecule has 0 atom stereocenters. The molecule has 0 radical (unpaired) electrons. The van der Waals surface area contributed by atoms with Crippen molar-refractivity contribution in [1.82, 2.24) is 10.6 Å². The lowest BCUT2D eigenvalue weighted by atomic mass is 10.00. The zero-order chi connectivity index (χ0) is 18.6. The second-order valence-electron chi connectivity index (χ2n) is 7.05. The van der Waals surface area contributed by atoms with Gasteiger partial charge < -0.3 is 15.4 Å². The predicted molar refractivity (Wildman–Crippen MR) is 103 cm³/mol. The molecule has 0 unspecified atom stereocenters. The van der Waals surface area contributed by atoms with Gasteiger partial charge >= 0.3 is 6.09 Å². The second-order valence-corrected chi connectivity index (χ2v) is 7.05. The van der Waals surface area contributed by atoms with Crippen molar-refractivity contribution in [3.63, 3.8) is 0 Å². The molecule has 5 heteroatoms. The van der Waals surface area contributed by atoms with Crippen LogP contribution in [0.2, 0.25) is 0 Å². The van der Waals surface area contributed by atoms with Gasteiger partial charge in [-0.15, -0.1) is 0 Å². The van der Waals surface area contributed by atoms with E-state index >= 15 is 0 Å². The maximum atomic E-state index is 11.5. The first-order valence-electron chi connectivity index (χ1n) is 8.72. The zero-order valence-electron chi connectivity index (χ0n) is 16.2. The highest BCUT2D eigenvalue weighted by molar-refractivity contribution is 6.01. The highest BCUT2D eigenvalue weighted by atomic mass is 16.6. The summed E-state index contributed by atoms with van der Waals surface area (Å²) in [6, 6.07) is 0. The first-order valence-corrected chi connectivity index (χ1v) is 8.72. The van der Waals surface area contributed by atoms with Crippen LogP contribution in [-0.2, 0) is 4.74 Å². The van der Waals surface area contributed by atoms with E-state index in [1.165, 1.54) is 0 Å². The molecule has 0 aromatic heterocycles. The molecule has 1 amide bonds. The van der Waals surface area contributed by atoms with Crippen LogP contribution < -0.4 is 10.6 Å². The minimum atomic E-state index is -0.451. The molecule has 2 N–H and O–H groups in total. The summed E-state index contributed by atoms with van der Waals surface area (Å²) in [5.41, 5.74) is 1.61. The number of carbonyl (C=O) groups excluding carboxylic acids is 1. The van der Waals surface area contributed by atoms with Crippen molar-refractivity contribution >= 4 is 11.8 Å². The molecular formula is C19H35N3O2. The first-order chi connectivity index (χ1) is 11.2. The Morgan fingerprint density at radius 1 is 1.25 bits per heavy atom. The van der Waals surface area contributed by atoms with Crippen molar-refractivity contribution in [2.75, 3.05) is 19.6 Å². The Hall–Kier alpha value is -1.62. The number of amides is 1. The highest BCUT2D eigenvalue weighted by Crippen LogP contribution is 2.09. The third-order valence-electron chi connectivity index (χ3n) is 3.19. The zero-order valence-corrected chi connectivity index (χ0v) is 16.2. The molecule has 0 aliphatic rings. The molecule has 138 valence electrons. The highest BCUT2D eigenvalue weighted by Gasteiger charge is 2.15. The van der Waals surface area contributed by atoms with E-state index in [2.05, 4.69) is 36.1 Å². The van der Waals surface area contributed by atoms with E-state index in [4.69, 9.17) is 4.74 Å². The number of nitrogens with one attached hydrogen (secondary N) is 2. The van der Waals surface area contributed by atoms with Gasteiger partial charge in [-0.1, -0.05) is 26.5 Å². The van der Waals surface area contributed by atoms with Gasteiger partial charge in [0.15, 0.2) is 0 Å². The van der Waals surface area contributed by atoms with Crippen LogP contribution in [-0.4, -0.2) is 37.0 Å². The molecule has 0 spiro atoms. The number of ether oxygens (including phenoxy) is 1. The molecule has 0 aliphatic heterocycles. The van der Waals surface area contributed by atoms with Gasteiger partial charge in [-0.2, -0.15) is 0 Å². The molecule has 0 saturated carbocycles. The maximum absolute atomic E-state index is 11.5. The van der Waals surface area contributed by atoms with Crippen LogP contribution in [0.25, 0.3) is 0 Å².